The van der Waals surface area contributed by atoms with Gasteiger partial charge in [0.05, 0.1) is 11.7 Å². The first kappa shape index (κ1) is 13.1. The van der Waals surface area contributed by atoms with Crippen LogP contribution in [-0.4, -0.2) is 25.7 Å². The third-order valence-electron chi connectivity index (χ3n) is 3.00. The smallest absolute Gasteiger partial charge is 0.0604 e. The molecule has 0 aromatic carbocycles. The van der Waals surface area contributed by atoms with Gasteiger partial charge in [0.15, 0.2) is 0 Å². The molecule has 2 unspecified atom stereocenters. The maximum Gasteiger partial charge on any atom is 0.0604 e. The first-order valence-electron chi connectivity index (χ1n) is 5.78. The molecule has 90 valence electrons. The molecule has 2 atom stereocenters. The number of pyridine rings is 1. The summed E-state index contributed by atoms with van der Waals surface area (Å²) in [6.45, 7) is 5.13. The summed E-state index contributed by atoms with van der Waals surface area (Å²) in [5.41, 5.74) is 2.39. The van der Waals surface area contributed by atoms with Crippen LogP contribution < -0.4 is 5.32 Å². The molecule has 0 bridgehead atoms. The van der Waals surface area contributed by atoms with Gasteiger partial charge in [-0.15, -0.1) is 0 Å². The van der Waals surface area contributed by atoms with Gasteiger partial charge in [0.1, 0.15) is 0 Å². The van der Waals surface area contributed by atoms with Crippen molar-refractivity contribution in [2.24, 2.45) is 5.92 Å². The average Bonchev–Trinajstić information content (AvgIpc) is 2.30. The largest absolute Gasteiger partial charge is 0.385 e. The van der Waals surface area contributed by atoms with E-state index in [1.165, 1.54) is 5.56 Å². The minimum atomic E-state index is 0.302. The van der Waals surface area contributed by atoms with Crippen molar-refractivity contribution in [1.82, 2.24) is 10.3 Å². The highest BCUT2D eigenvalue weighted by Gasteiger charge is 2.19. The van der Waals surface area contributed by atoms with E-state index in [1.54, 1.807) is 7.11 Å². The maximum atomic E-state index is 5.13. The second-order valence-electron chi connectivity index (χ2n) is 4.23. The van der Waals surface area contributed by atoms with Crippen LogP contribution >= 0.6 is 0 Å². The topological polar surface area (TPSA) is 34.2 Å². The molecule has 0 spiro atoms. The third-order valence-corrected chi connectivity index (χ3v) is 3.00. The summed E-state index contributed by atoms with van der Waals surface area (Å²) >= 11 is 0. The number of methoxy groups -OCH3 is 1. The van der Waals surface area contributed by atoms with E-state index in [0.29, 0.717) is 12.0 Å². The van der Waals surface area contributed by atoms with Crippen LogP contribution in [0.4, 0.5) is 0 Å². The van der Waals surface area contributed by atoms with Gasteiger partial charge in [-0.1, -0.05) is 13.0 Å². The molecule has 3 heteroatoms. The van der Waals surface area contributed by atoms with E-state index in [4.69, 9.17) is 4.74 Å². The molecule has 0 radical (unpaired) electrons. The molecule has 0 saturated heterocycles. The Hall–Kier alpha value is -0.930. The third kappa shape index (κ3) is 3.29. The Balaban J connectivity index is 2.77. The van der Waals surface area contributed by atoms with Gasteiger partial charge >= 0.3 is 0 Å². The second-order valence-corrected chi connectivity index (χ2v) is 4.23. The van der Waals surface area contributed by atoms with Crippen molar-refractivity contribution in [2.45, 2.75) is 26.3 Å². The van der Waals surface area contributed by atoms with Gasteiger partial charge in [-0.05, 0) is 37.9 Å². The van der Waals surface area contributed by atoms with E-state index in [9.17, 15) is 0 Å². The van der Waals surface area contributed by atoms with Crippen LogP contribution in [0.3, 0.4) is 0 Å². The minimum Gasteiger partial charge on any atom is -0.385 e. The Kier molecular flexibility index (Phi) is 5.43. The van der Waals surface area contributed by atoms with Crippen LogP contribution in [0.25, 0.3) is 0 Å². The summed E-state index contributed by atoms with van der Waals surface area (Å²) in [5, 5.41) is 3.35. The molecule has 0 aliphatic carbocycles. The Bertz CT molecular complexity index is 315. The van der Waals surface area contributed by atoms with Gasteiger partial charge in [-0.25, -0.2) is 0 Å². The number of rotatable bonds is 6. The molecule has 0 aliphatic rings. The summed E-state index contributed by atoms with van der Waals surface area (Å²) in [5.74, 6) is 0.513. The van der Waals surface area contributed by atoms with Crippen LogP contribution in [0.15, 0.2) is 18.3 Å². The monoisotopic (exact) mass is 222 g/mol. The van der Waals surface area contributed by atoms with Crippen LogP contribution in [0.2, 0.25) is 0 Å². The number of aryl methyl sites for hydroxylation is 1. The minimum absolute atomic E-state index is 0.302. The highest BCUT2D eigenvalue weighted by molar-refractivity contribution is 5.21. The van der Waals surface area contributed by atoms with Crippen molar-refractivity contribution in [2.75, 3.05) is 20.8 Å². The lowest BCUT2D eigenvalue weighted by Gasteiger charge is -2.24. The highest BCUT2D eigenvalue weighted by Crippen LogP contribution is 2.24. The van der Waals surface area contributed by atoms with Crippen molar-refractivity contribution in [3.05, 3.63) is 29.6 Å². The molecule has 1 N–H and O–H groups in total. The first-order chi connectivity index (χ1) is 7.70. The van der Waals surface area contributed by atoms with E-state index in [2.05, 4.69) is 30.2 Å². The van der Waals surface area contributed by atoms with E-state index in [-0.39, 0.29) is 0 Å². The van der Waals surface area contributed by atoms with Gasteiger partial charge in [0, 0.05) is 19.9 Å². The Morgan fingerprint density at radius 2 is 2.25 bits per heavy atom. The Morgan fingerprint density at radius 3 is 2.81 bits per heavy atom. The fourth-order valence-corrected chi connectivity index (χ4v) is 1.98. The summed E-state index contributed by atoms with van der Waals surface area (Å²) in [7, 11) is 3.73. The first-order valence-corrected chi connectivity index (χ1v) is 5.78. The van der Waals surface area contributed by atoms with Gasteiger partial charge in [0.25, 0.3) is 0 Å². The molecule has 1 aromatic rings. The molecule has 0 amide bonds. The number of aromatic nitrogens is 1. The lowest BCUT2D eigenvalue weighted by molar-refractivity contribution is 0.170. The van der Waals surface area contributed by atoms with Crippen molar-refractivity contribution in [3.63, 3.8) is 0 Å². The summed E-state index contributed by atoms with van der Waals surface area (Å²) in [4.78, 5) is 4.48. The predicted molar refractivity (Wildman–Crippen MR) is 66.4 cm³/mol. The number of nitrogens with zero attached hydrogens (tertiary/aromatic N) is 1. The van der Waals surface area contributed by atoms with Gasteiger partial charge < -0.3 is 10.1 Å². The molecular formula is C13H22N2O. The van der Waals surface area contributed by atoms with E-state index in [0.717, 1.165) is 18.7 Å². The zero-order valence-electron chi connectivity index (χ0n) is 10.7. The fraction of sp³-hybridized carbons (Fsp3) is 0.615. The molecule has 1 rings (SSSR count). The lowest BCUT2D eigenvalue weighted by atomic mass is 9.93. The van der Waals surface area contributed by atoms with Crippen LogP contribution in [-0.2, 0) is 4.74 Å². The zero-order chi connectivity index (χ0) is 12.0. The maximum absolute atomic E-state index is 5.13. The molecule has 16 heavy (non-hydrogen) atoms. The Labute approximate surface area is 98.2 Å². The highest BCUT2D eigenvalue weighted by atomic mass is 16.5. The summed E-state index contributed by atoms with van der Waals surface area (Å²) < 4.78 is 5.13. The molecule has 0 saturated carbocycles. The quantitative estimate of drug-likeness (QED) is 0.802. The van der Waals surface area contributed by atoms with Crippen LogP contribution in [0, 0.1) is 12.8 Å². The van der Waals surface area contributed by atoms with Gasteiger partial charge in [0.2, 0.25) is 0 Å². The van der Waals surface area contributed by atoms with Crippen molar-refractivity contribution in [1.29, 1.82) is 0 Å². The SMILES string of the molecule is CNC(c1ncccc1C)C(C)CCOC. The normalized spacial score (nSPS) is 14.8. The fourth-order valence-electron chi connectivity index (χ4n) is 1.98. The molecule has 1 aromatic heterocycles. The van der Waals surface area contributed by atoms with E-state index >= 15 is 0 Å². The number of nitrogens with one attached hydrogen (secondary N) is 1. The van der Waals surface area contributed by atoms with E-state index in [1.807, 2.05) is 19.3 Å². The predicted octanol–water partition coefficient (Wildman–Crippen LogP) is 2.32. The van der Waals surface area contributed by atoms with Crippen LogP contribution in [0.5, 0.6) is 0 Å². The average molecular weight is 222 g/mol. The summed E-state index contributed by atoms with van der Waals surface area (Å²) in [6, 6.07) is 4.39. The molecule has 3 nitrogen and oxygen atoms in total. The van der Waals surface area contributed by atoms with E-state index < -0.39 is 0 Å². The molecule has 1 heterocycles. The van der Waals surface area contributed by atoms with Crippen LogP contribution in [0.1, 0.15) is 30.6 Å². The van der Waals surface area contributed by atoms with Crippen molar-refractivity contribution in [3.8, 4) is 0 Å². The number of ether oxygens (including phenoxy) is 1. The second kappa shape index (κ2) is 6.61. The summed E-state index contributed by atoms with van der Waals surface area (Å²) in [6.07, 6.45) is 2.90. The molecule has 0 fully saturated rings. The Morgan fingerprint density at radius 1 is 1.50 bits per heavy atom. The van der Waals surface area contributed by atoms with Gasteiger partial charge in [-0.3, -0.25) is 4.98 Å². The number of hydrogen-bond acceptors (Lipinski definition) is 3. The van der Waals surface area contributed by atoms with Crippen molar-refractivity contribution < 1.29 is 4.74 Å². The van der Waals surface area contributed by atoms with Crippen molar-refractivity contribution >= 4 is 0 Å². The standard InChI is InChI=1S/C13H22N2O/c1-10-6-5-8-15-13(10)12(14-3)11(2)7-9-16-4/h5-6,8,11-12,14H,7,9H2,1-4H3. The number of hydrogen-bond donors (Lipinski definition) is 1. The molecular weight excluding hydrogens is 200 g/mol. The zero-order valence-corrected chi connectivity index (χ0v) is 10.7. The van der Waals surface area contributed by atoms with Gasteiger partial charge in [-0.2, -0.15) is 0 Å². The lowest BCUT2D eigenvalue weighted by Crippen LogP contribution is -2.26. The molecule has 0 aliphatic heterocycles.